The summed E-state index contributed by atoms with van der Waals surface area (Å²) in [5.74, 6) is -1.86. The summed E-state index contributed by atoms with van der Waals surface area (Å²) in [6.45, 7) is 0. The number of rotatable bonds is 2. The molecule has 1 aliphatic rings. The fraction of sp³-hybridized carbons (Fsp3) is 0.857. The van der Waals surface area contributed by atoms with Gasteiger partial charge in [-0.2, -0.15) is 0 Å². The van der Waals surface area contributed by atoms with E-state index >= 15 is 0 Å². The van der Waals surface area contributed by atoms with Crippen LogP contribution in [0.2, 0.25) is 0 Å². The predicted molar refractivity (Wildman–Crippen MR) is 38.7 cm³/mol. The second-order valence-corrected chi connectivity index (χ2v) is 2.83. The van der Waals surface area contributed by atoms with Gasteiger partial charge in [-0.05, 0) is 0 Å². The molecule has 15 heavy (non-hydrogen) atoms. The molecular weight excluding hydrogens is 219 g/mol. The number of aliphatic hydroxyl groups excluding tert-OH is 3. The number of aliphatic hydroxyl groups is 3. The summed E-state index contributed by atoms with van der Waals surface area (Å²) >= 11 is 0. The first kappa shape index (κ1) is 10.4. The summed E-state index contributed by atoms with van der Waals surface area (Å²) in [6.07, 6.45) is -9.63. The Bertz CT molecular complexity index is 299. The largest absolute Gasteiger partial charge is 1.00 e. The van der Waals surface area contributed by atoms with Crippen molar-refractivity contribution < 1.29 is 68.4 Å². The Morgan fingerprint density at radius 2 is 2.00 bits per heavy atom. The van der Waals surface area contributed by atoms with Crippen molar-refractivity contribution in [3.8, 4) is 0 Å². The van der Waals surface area contributed by atoms with Crippen molar-refractivity contribution in [3.05, 3.63) is 0 Å². The molecule has 82 valence electrons. The van der Waals surface area contributed by atoms with E-state index in [0.717, 1.165) is 0 Å². The van der Waals surface area contributed by atoms with Crippen molar-refractivity contribution in [3.63, 3.8) is 0 Å². The van der Waals surface area contributed by atoms with E-state index in [2.05, 4.69) is 9.47 Å². The molecule has 1 fully saturated rings. The molecule has 7 nitrogen and oxygen atoms in total. The summed E-state index contributed by atoms with van der Waals surface area (Å²) in [5.41, 5.74) is 0. The van der Waals surface area contributed by atoms with E-state index in [1.165, 1.54) is 0 Å². The van der Waals surface area contributed by atoms with Gasteiger partial charge < -0.3 is 34.7 Å². The number of methoxy groups -OCH3 is 1. The first-order valence-electron chi connectivity index (χ1n) is 5.22. The van der Waals surface area contributed by atoms with Gasteiger partial charge in [0.2, 0.25) is 0 Å². The van der Waals surface area contributed by atoms with Gasteiger partial charge in [0, 0.05) is 7.04 Å². The van der Waals surface area contributed by atoms with Crippen LogP contribution in [0.5, 0.6) is 0 Å². The molecule has 1 aliphatic heterocycles. The summed E-state index contributed by atoms with van der Waals surface area (Å²) in [6, 6.07) is 0. The van der Waals surface area contributed by atoms with Crippen molar-refractivity contribution >= 4 is 5.97 Å². The van der Waals surface area contributed by atoms with Crippen LogP contribution < -0.4 is 34.7 Å². The molecule has 0 bridgehead atoms. The average molecular weight is 233 g/mol. The van der Waals surface area contributed by atoms with Crippen LogP contribution in [-0.2, 0) is 14.3 Å². The normalized spacial score (nSPS) is 44.5. The van der Waals surface area contributed by atoms with Crippen LogP contribution in [0.15, 0.2) is 0 Å². The third-order valence-corrected chi connectivity index (χ3v) is 1.92. The average Bonchev–Trinajstić information content (AvgIpc) is 2.16. The van der Waals surface area contributed by atoms with E-state index < -0.39 is 43.7 Å². The van der Waals surface area contributed by atoms with Gasteiger partial charge in [-0.15, -0.1) is 0 Å². The molecule has 0 radical (unpaired) electrons. The minimum absolute atomic E-state index is 0. The van der Waals surface area contributed by atoms with Crippen molar-refractivity contribution in [2.75, 3.05) is 7.04 Å². The maximum Gasteiger partial charge on any atom is 1.00 e. The number of carboxylic acids is 1. The van der Waals surface area contributed by atoms with Crippen LogP contribution in [0.25, 0.3) is 0 Å². The Morgan fingerprint density at radius 3 is 2.47 bits per heavy atom. The number of hydrogen-bond donors (Lipinski definition) is 3. The van der Waals surface area contributed by atoms with Crippen LogP contribution in [0.3, 0.4) is 0 Å². The first-order chi connectivity index (χ1) is 7.63. The van der Waals surface area contributed by atoms with Crippen LogP contribution >= 0.6 is 0 Å². The summed E-state index contributed by atoms with van der Waals surface area (Å²) in [4.78, 5) is 10.5. The summed E-state index contributed by atoms with van der Waals surface area (Å²) in [5, 5.41) is 38.4. The Morgan fingerprint density at radius 1 is 1.40 bits per heavy atom. The second kappa shape index (κ2) is 6.12. The SMILES string of the molecule is [2H]C([2H])([2H])O[C@@H]1O[C@H](C(=O)[O-])[C@@H](O)[C@H](O)[C@H]1O.[Na+]. The summed E-state index contributed by atoms with van der Waals surface area (Å²) < 4.78 is 29.1. The zero-order valence-electron chi connectivity index (χ0n) is 10.9. The monoisotopic (exact) mass is 233 g/mol. The Labute approximate surface area is 112 Å². The maximum absolute atomic E-state index is 10.5. The van der Waals surface area contributed by atoms with Crippen LogP contribution in [-0.4, -0.2) is 59.0 Å². The molecule has 5 atom stereocenters. The predicted octanol–water partition coefficient (Wildman–Crippen LogP) is -6.81. The second-order valence-electron chi connectivity index (χ2n) is 2.83. The molecular formula is C7H11NaO7. The van der Waals surface area contributed by atoms with Gasteiger partial charge in [0.05, 0.1) is 10.1 Å². The molecule has 0 aromatic carbocycles. The van der Waals surface area contributed by atoms with Crippen LogP contribution in [0.1, 0.15) is 4.11 Å². The molecule has 1 heterocycles. The van der Waals surface area contributed by atoms with Gasteiger partial charge in [0.15, 0.2) is 6.29 Å². The number of hydrogen-bond acceptors (Lipinski definition) is 7. The van der Waals surface area contributed by atoms with E-state index in [0.29, 0.717) is 0 Å². The smallest absolute Gasteiger partial charge is 0.547 e. The van der Waals surface area contributed by atoms with Crippen molar-refractivity contribution in [2.45, 2.75) is 30.7 Å². The molecule has 0 aromatic heterocycles. The van der Waals surface area contributed by atoms with E-state index in [4.69, 9.17) is 4.11 Å². The van der Waals surface area contributed by atoms with E-state index in [9.17, 15) is 25.2 Å². The third-order valence-electron chi connectivity index (χ3n) is 1.92. The summed E-state index contributed by atoms with van der Waals surface area (Å²) in [7, 11) is -2.95. The molecule has 0 aliphatic carbocycles. The third kappa shape index (κ3) is 3.11. The molecule has 3 N–H and O–H groups in total. The van der Waals surface area contributed by atoms with Crippen molar-refractivity contribution in [1.29, 1.82) is 0 Å². The minimum Gasteiger partial charge on any atom is -0.547 e. The zero-order valence-corrected chi connectivity index (χ0v) is 9.86. The van der Waals surface area contributed by atoms with Crippen LogP contribution in [0, 0.1) is 0 Å². The van der Waals surface area contributed by atoms with E-state index in [-0.39, 0.29) is 29.6 Å². The fourth-order valence-electron chi connectivity index (χ4n) is 1.14. The Balaban J connectivity index is 0.00000289. The molecule has 1 rings (SSSR count). The molecule has 0 unspecified atom stereocenters. The van der Waals surface area contributed by atoms with Crippen molar-refractivity contribution in [1.82, 2.24) is 0 Å². The first-order valence-corrected chi connectivity index (χ1v) is 3.72. The van der Waals surface area contributed by atoms with Crippen molar-refractivity contribution in [2.24, 2.45) is 0 Å². The Hall–Kier alpha value is 0.270. The van der Waals surface area contributed by atoms with Gasteiger partial charge in [0.1, 0.15) is 24.4 Å². The van der Waals surface area contributed by atoms with Crippen LogP contribution in [0.4, 0.5) is 0 Å². The molecule has 0 spiro atoms. The van der Waals surface area contributed by atoms with E-state index in [1.807, 2.05) is 0 Å². The van der Waals surface area contributed by atoms with Gasteiger partial charge >= 0.3 is 29.6 Å². The minimum atomic E-state index is -2.95. The quantitative estimate of drug-likeness (QED) is 0.405. The standard InChI is InChI=1S/C7H12O7.Na/c1-13-7-4(10)2(8)3(9)5(14-7)6(11)12;/h2-5,7-10H,1H3,(H,11,12);/q;+1/p-1/t2-,3-,4+,5-,7+;/m0./s1/i1D3;. The number of ether oxygens (including phenoxy) is 2. The molecule has 0 aromatic rings. The molecule has 0 amide bonds. The fourth-order valence-corrected chi connectivity index (χ4v) is 1.14. The molecule has 0 saturated carbocycles. The van der Waals surface area contributed by atoms with Gasteiger partial charge in [0.25, 0.3) is 0 Å². The number of carboxylic acid groups (broad SMARTS) is 1. The van der Waals surface area contributed by atoms with Gasteiger partial charge in [-0.25, -0.2) is 0 Å². The van der Waals surface area contributed by atoms with Gasteiger partial charge in [-0.1, -0.05) is 0 Å². The molecule has 8 heteroatoms. The topological polar surface area (TPSA) is 119 Å². The Kier molecular flexibility index (Phi) is 4.25. The number of carbonyl (C=O) groups is 1. The molecule has 1 saturated heterocycles. The maximum atomic E-state index is 10.5. The number of carbonyl (C=O) groups excluding carboxylic acids is 1. The van der Waals surface area contributed by atoms with Gasteiger partial charge in [-0.3, -0.25) is 0 Å². The number of aliphatic carboxylic acids is 1. The zero-order chi connectivity index (χ0) is 13.4. The van der Waals surface area contributed by atoms with E-state index in [1.54, 1.807) is 0 Å².